The summed E-state index contributed by atoms with van der Waals surface area (Å²) in [5.41, 5.74) is 13.9. The number of alkyl halides is 1. The number of halogens is 1. The predicted octanol–water partition coefficient (Wildman–Crippen LogP) is 10.0. The fraction of sp³-hybridized carbons (Fsp3) is 0.0256. The van der Waals surface area contributed by atoms with Crippen molar-refractivity contribution < 1.29 is 0 Å². The number of pyridine rings is 4. The molecule has 0 aliphatic heterocycles. The summed E-state index contributed by atoms with van der Waals surface area (Å²) < 4.78 is 0. The van der Waals surface area contributed by atoms with Gasteiger partial charge in [0.2, 0.25) is 0 Å². The molecule has 0 fully saturated rings. The molecule has 7 aromatic rings. The second-order valence-electron chi connectivity index (χ2n) is 10.6. The molecule has 44 heavy (non-hydrogen) atoms. The van der Waals surface area contributed by atoms with Crippen molar-refractivity contribution in [1.29, 1.82) is 0 Å². The molecule has 0 N–H and O–H groups in total. The van der Waals surface area contributed by atoms with E-state index in [2.05, 4.69) is 105 Å². The molecule has 4 aromatic heterocycles. The van der Waals surface area contributed by atoms with Gasteiger partial charge in [0.05, 0.1) is 11.6 Å². The Morgan fingerprint density at radius 2 is 0.727 bits per heavy atom. The molecule has 0 saturated carbocycles. The molecule has 0 aliphatic rings. The van der Waals surface area contributed by atoms with Crippen molar-refractivity contribution in [1.82, 2.24) is 19.9 Å². The van der Waals surface area contributed by atoms with Gasteiger partial charge >= 0.3 is 0 Å². The van der Waals surface area contributed by atoms with Crippen LogP contribution in [0.15, 0.2) is 153 Å². The fourth-order valence-corrected chi connectivity index (χ4v) is 5.57. The monoisotopic (exact) mass is 586 g/mol. The molecule has 0 saturated heterocycles. The first kappa shape index (κ1) is 27.4. The molecule has 0 unspecified atom stereocenters. The Balaban J connectivity index is 1.36. The molecule has 0 radical (unpaired) electrons. The van der Waals surface area contributed by atoms with Gasteiger partial charge in [0.15, 0.2) is 0 Å². The van der Waals surface area contributed by atoms with Gasteiger partial charge < -0.3 is 0 Å². The van der Waals surface area contributed by atoms with E-state index < -0.39 is 0 Å². The molecule has 0 aliphatic carbocycles. The molecule has 5 heteroatoms. The van der Waals surface area contributed by atoms with E-state index in [-0.39, 0.29) is 0 Å². The van der Waals surface area contributed by atoms with Gasteiger partial charge in [-0.3, -0.25) is 19.9 Å². The van der Waals surface area contributed by atoms with Crippen LogP contribution in [0.25, 0.3) is 66.8 Å². The molecule has 7 rings (SSSR count). The van der Waals surface area contributed by atoms with Crippen molar-refractivity contribution in [2.45, 2.75) is 5.88 Å². The van der Waals surface area contributed by atoms with E-state index >= 15 is 0 Å². The maximum atomic E-state index is 6.01. The first-order chi connectivity index (χ1) is 21.7. The van der Waals surface area contributed by atoms with Crippen LogP contribution in [-0.2, 0) is 5.88 Å². The van der Waals surface area contributed by atoms with Crippen LogP contribution in [-0.4, -0.2) is 19.9 Å². The van der Waals surface area contributed by atoms with Crippen molar-refractivity contribution in [3.05, 3.63) is 158 Å². The third-order valence-electron chi connectivity index (χ3n) is 7.67. The Bertz CT molecular complexity index is 1970. The molecule has 0 atom stereocenters. The highest BCUT2D eigenvalue weighted by Gasteiger charge is 2.12. The summed E-state index contributed by atoms with van der Waals surface area (Å²) >= 11 is 6.01. The van der Waals surface area contributed by atoms with Crippen LogP contribution in [0, 0.1) is 0 Å². The molecule has 3 aromatic carbocycles. The van der Waals surface area contributed by atoms with Gasteiger partial charge in [-0.05, 0) is 111 Å². The van der Waals surface area contributed by atoms with E-state index in [0.717, 1.165) is 72.5 Å². The zero-order chi connectivity index (χ0) is 29.7. The number of nitrogens with zero attached hydrogens (tertiary/aromatic N) is 4. The third kappa shape index (κ3) is 5.89. The maximum absolute atomic E-state index is 6.01. The van der Waals surface area contributed by atoms with Crippen LogP contribution in [0.3, 0.4) is 0 Å². The van der Waals surface area contributed by atoms with Gasteiger partial charge in [-0.2, -0.15) is 0 Å². The summed E-state index contributed by atoms with van der Waals surface area (Å²) in [7, 11) is 0. The van der Waals surface area contributed by atoms with Gasteiger partial charge in [0.1, 0.15) is 0 Å². The first-order valence-electron chi connectivity index (χ1n) is 14.4. The van der Waals surface area contributed by atoms with Crippen LogP contribution in [0.4, 0.5) is 0 Å². The van der Waals surface area contributed by atoms with Crippen LogP contribution in [0.5, 0.6) is 0 Å². The smallest absolute Gasteiger partial charge is 0.0647 e. The van der Waals surface area contributed by atoms with Gasteiger partial charge in [-0.1, -0.05) is 42.5 Å². The maximum Gasteiger partial charge on any atom is 0.0647 e. The largest absolute Gasteiger partial charge is 0.264 e. The van der Waals surface area contributed by atoms with Crippen molar-refractivity contribution in [3.63, 3.8) is 0 Å². The molecular formula is C39H27ClN4. The number of aromatic nitrogens is 4. The molecule has 4 heterocycles. The normalized spacial score (nSPS) is 10.9. The van der Waals surface area contributed by atoms with Crippen LogP contribution in [0.1, 0.15) is 5.69 Å². The Kier molecular flexibility index (Phi) is 7.73. The minimum atomic E-state index is 0.387. The highest BCUT2D eigenvalue weighted by molar-refractivity contribution is 6.16. The third-order valence-corrected chi connectivity index (χ3v) is 7.95. The second-order valence-corrected chi connectivity index (χ2v) is 10.8. The van der Waals surface area contributed by atoms with Crippen molar-refractivity contribution in [3.8, 4) is 66.8 Å². The van der Waals surface area contributed by atoms with E-state index in [1.54, 1.807) is 18.6 Å². The number of hydrogen-bond donors (Lipinski definition) is 0. The van der Waals surface area contributed by atoms with Gasteiger partial charge in [-0.25, -0.2) is 0 Å². The highest BCUT2D eigenvalue weighted by atomic mass is 35.5. The SMILES string of the molecule is ClCc1ccc(-c2cc(-c3cccnc3)cc(-c3cccc(-c4cc(-c5cccnc5)cc(-c5cccnc5)c4)c3)c2)cn1. The second kappa shape index (κ2) is 12.4. The average Bonchev–Trinajstić information content (AvgIpc) is 3.12. The zero-order valence-electron chi connectivity index (χ0n) is 23.8. The van der Waals surface area contributed by atoms with E-state index in [1.807, 2.05) is 49.1 Å². The van der Waals surface area contributed by atoms with Crippen LogP contribution in [0.2, 0.25) is 0 Å². The lowest BCUT2D eigenvalue weighted by atomic mass is 9.91. The summed E-state index contributed by atoms with van der Waals surface area (Å²) in [6, 6.07) is 38.3. The van der Waals surface area contributed by atoms with E-state index in [9.17, 15) is 0 Å². The lowest BCUT2D eigenvalue weighted by molar-refractivity contribution is 1.17. The van der Waals surface area contributed by atoms with Crippen LogP contribution >= 0.6 is 11.6 Å². The van der Waals surface area contributed by atoms with Gasteiger partial charge in [0.25, 0.3) is 0 Å². The van der Waals surface area contributed by atoms with E-state index in [0.29, 0.717) is 5.88 Å². The first-order valence-corrected chi connectivity index (χ1v) is 14.9. The topological polar surface area (TPSA) is 51.6 Å². The number of benzene rings is 3. The van der Waals surface area contributed by atoms with Crippen molar-refractivity contribution in [2.24, 2.45) is 0 Å². The summed E-state index contributed by atoms with van der Waals surface area (Å²) in [6.07, 6.45) is 13.0. The predicted molar refractivity (Wildman–Crippen MR) is 180 cm³/mol. The Morgan fingerprint density at radius 1 is 0.364 bits per heavy atom. The Hall–Kier alpha value is -5.45. The fourth-order valence-electron chi connectivity index (χ4n) is 5.41. The molecular weight excluding hydrogens is 560 g/mol. The minimum absolute atomic E-state index is 0.387. The number of rotatable bonds is 7. The standard InChI is InChI=1S/C39H27ClN4/c40-22-39-11-10-32(26-44-39)38-19-34(18-37(21-38)31-9-4-14-43-25-31)28-6-1-5-27(15-28)33-16-35(29-7-2-12-41-23-29)20-36(17-33)30-8-3-13-42-24-30/h1-21,23-26H,22H2. The summed E-state index contributed by atoms with van der Waals surface area (Å²) in [5.74, 6) is 0.387. The molecule has 4 nitrogen and oxygen atoms in total. The van der Waals surface area contributed by atoms with Crippen LogP contribution < -0.4 is 0 Å². The Morgan fingerprint density at radius 3 is 1.07 bits per heavy atom. The van der Waals surface area contributed by atoms with E-state index in [4.69, 9.17) is 11.6 Å². The molecule has 0 spiro atoms. The lowest BCUT2D eigenvalue weighted by Crippen LogP contribution is -1.90. The summed E-state index contributed by atoms with van der Waals surface area (Å²) in [5, 5.41) is 0. The quantitative estimate of drug-likeness (QED) is 0.174. The van der Waals surface area contributed by atoms with Gasteiger partial charge in [0, 0.05) is 65.6 Å². The summed E-state index contributed by atoms with van der Waals surface area (Å²) in [6.45, 7) is 0. The lowest BCUT2D eigenvalue weighted by Gasteiger charge is -2.14. The molecule has 210 valence electrons. The zero-order valence-corrected chi connectivity index (χ0v) is 24.6. The molecule has 0 amide bonds. The highest BCUT2D eigenvalue weighted by Crippen LogP contribution is 2.36. The Labute approximate surface area is 261 Å². The van der Waals surface area contributed by atoms with Gasteiger partial charge in [-0.15, -0.1) is 11.6 Å². The average molecular weight is 587 g/mol. The van der Waals surface area contributed by atoms with Crippen molar-refractivity contribution in [2.75, 3.05) is 0 Å². The summed E-state index contributed by atoms with van der Waals surface area (Å²) in [4.78, 5) is 17.7. The number of hydrogen-bond acceptors (Lipinski definition) is 4. The van der Waals surface area contributed by atoms with Crippen molar-refractivity contribution >= 4 is 11.6 Å². The van der Waals surface area contributed by atoms with E-state index in [1.165, 1.54) is 0 Å². The molecule has 0 bridgehead atoms. The minimum Gasteiger partial charge on any atom is -0.264 e.